The van der Waals surface area contributed by atoms with Crippen molar-refractivity contribution in [2.24, 2.45) is 0 Å². The van der Waals surface area contributed by atoms with Gasteiger partial charge >= 0.3 is 0 Å². The Morgan fingerprint density at radius 2 is 1.74 bits per heavy atom. The molecule has 3 rings (SSSR count). The lowest BCUT2D eigenvalue weighted by molar-refractivity contribution is 0.475. The molecule has 2 aromatic carbocycles. The number of anilines is 1. The third-order valence-corrected chi connectivity index (χ3v) is 3.72. The molecule has 0 saturated heterocycles. The zero-order valence-electron chi connectivity index (χ0n) is 13.3. The Bertz CT molecular complexity index is 759. The van der Waals surface area contributed by atoms with Crippen LogP contribution in [0.4, 0.5) is 5.69 Å². The summed E-state index contributed by atoms with van der Waals surface area (Å²) in [6, 6.07) is 15.2. The summed E-state index contributed by atoms with van der Waals surface area (Å²) in [5, 5.41) is 12.7. The highest BCUT2D eigenvalue weighted by atomic mass is 16.3. The Hall–Kier alpha value is -2.75. The lowest BCUT2D eigenvalue weighted by Crippen LogP contribution is -2.00. The average Bonchev–Trinajstić information content (AvgIpc) is 3.03. The fourth-order valence-electron chi connectivity index (χ4n) is 2.30. The number of phenols is 1. The van der Waals surface area contributed by atoms with Crippen molar-refractivity contribution in [3.63, 3.8) is 0 Å². The van der Waals surface area contributed by atoms with Crippen LogP contribution in [0.3, 0.4) is 0 Å². The van der Waals surface area contributed by atoms with E-state index in [0.717, 1.165) is 16.9 Å². The van der Waals surface area contributed by atoms with Gasteiger partial charge in [-0.2, -0.15) is 0 Å². The minimum atomic E-state index is 0.229. The first-order valence-electron chi connectivity index (χ1n) is 7.69. The maximum absolute atomic E-state index is 9.31. The summed E-state index contributed by atoms with van der Waals surface area (Å²) in [6.45, 7) is 4.97. The van der Waals surface area contributed by atoms with Gasteiger partial charge in [0.05, 0.1) is 12.2 Å². The van der Waals surface area contributed by atoms with E-state index in [9.17, 15) is 5.11 Å². The fraction of sp³-hybridized carbons (Fsp3) is 0.211. The number of hydrogen-bond donors (Lipinski definition) is 2. The largest absolute Gasteiger partial charge is 0.508 e. The van der Waals surface area contributed by atoms with Gasteiger partial charge in [-0.05, 0) is 47.9 Å². The molecule has 0 saturated carbocycles. The van der Waals surface area contributed by atoms with E-state index in [0.29, 0.717) is 18.4 Å². The molecule has 0 amide bonds. The highest BCUT2D eigenvalue weighted by Gasteiger charge is 2.07. The van der Waals surface area contributed by atoms with Crippen LogP contribution in [-0.2, 0) is 6.54 Å². The minimum absolute atomic E-state index is 0.229. The smallest absolute Gasteiger partial charge is 0.226 e. The first-order chi connectivity index (χ1) is 11.1. The van der Waals surface area contributed by atoms with Gasteiger partial charge in [-0.15, -0.1) is 0 Å². The number of hydrogen-bond acceptors (Lipinski definition) is 4. The molecule has 23 heavy (non-hydrogen) atoms. The van der Waals surface area contributed by atoms with E-state index in [-0.39, 0.29) is 5.75 Å². The van der Waals surface area contributed by atoms with E-state index in [1.165, 1.54) is 5.56 Å². The lowest BCUT2D eigenvalue weighted by Gasteiger charge is -2.08. The van der Waals surface area contributed by atoms with Gasteiger partial charge in [0.25, 0.3) is 0 Å². The van der Waals surface area contributed by atoms with Crippen molar-refractivity contribution >= 4 is 5.69 Å². The van der Waals surface area contributed by atoms with Crippen LogP contribution in [0.15, 0.2) is 59.2 Å². The topological polar surface area (TPSA) is 58.3 Å². The van der Waals surface area contributed by atoms with Gasteiger partial charge in [0, 0.05) is 11.3 Å². The summed E-state index contributed by atoms with van der Waals surface area (Å²) in [7, 11) is 0. The van der Waals surface area contributed by atoms with Crippen LogP contribution in [0.1, 0.15) is 31.0 Å². The molecule has 0 bridgehead atoms. The molecule has 0 atom stereocenters. The van der Waals surface area contributed by atoms with Crippen LogP contribution in [0.2, 0.25) is 0 Å². The summed E-state index contributed by atoms with van der Waals surface area (Å²) in [4.78, 5) is 4.46. The van der Waals surface area contributed by atoms with Crippen molar-refractivity contribution in [3.8, 4) is 17.2 Å². The summed E-state index contributed by atoms with van der Waals surface area (Å²) in [5.74, 6) is 1.32. The zero-order valence-corrected chi connectivity index (χ0v) is 13.3. The SMILES string of the molecule is CC(C)c1ccc(NCc2coc(-c3ccc(O)cc3)n2)cc1. The summed E-state index contributed by atoms with van der Waals surface area (Å²) in [6.07, 6.45) is 1.65. The van der Waals surface area contributed by atoms with Crippen molar-refractivity contribution in [3.05, 3.63) is 66.1 Å². The molecule has 0 aliphatic rings. The Labute approximate surface area is 135 Å². The molecule has 3 aromatic rings. The molecule has 0 fully saturated rings. The van der Waals surface area contributed by atoms with Crippen LogP contribution >= 0.6 is 0 Å². The molecule has 4 nitrogen and oxygen atoms in total. The van der Waals surface area contributed by atoms with E-state index < -0.39 is 0 Å². The third kappa shape index (κ3) is 3.72. The molecule has 0 radical (unpaired) electrons. The number of phenolic OH excluding ortho intramolecular Hbond substituents is 1. The monoisotopic (exact) mass is 308 g/mol. The molecule has 0 aliphatic heterocycles. The van der Waals surface area contributed by atoms with Crippen LogP contribution in [0.25, 0.3) is 11.5 Å². The maximum Gasteiger partial charge on any atom is 0.226 e. The molecular weight excluding hydrogens is 288 g/mol. The van der Waals surface area contributed by atoms with E-state index in [2.05, 4.69) is 48.4 Å². The van der Waals surface area contributed by atoms with E-state index in [1.54, 1.807) is 30.5 Å². The van der Waals surface area contributed by atoms with Crippen LogP contribution in [-0.4, -0.2) is 10.1 Å². The summed E-state index contributed by atoms with van der Waals surface area (Å²) in [5.41, 5.74) is 4.06. The Kier molecular flexibility index (Phi) is 4.33. The van der Waals surface area contributed by atoms with E-state index in [1.807, 2.05) is 0 Å². The number of nitrogens with one attached hydrogen (secondary N) is 1. The van der Waals surface area contributed by atoms with Crippen LogP contribution in [0.5, 0.6) is 5.75 Å². The van der Waals surface area contributed by atoms with Crippen LogP contribution in [0, 0.1) is 0 Å². The number of aromatic nitrogens is 1. The van der Waals surface area contributed by atoms with Gasteiger partial charge < -0.3 is 14.8 Å². The highest BCUT2D eigenvalue weighted by Crippen LogP contribution is 2.22. The molecular formula is C19H20N2O2. The third-order valence-electron chi connectivity index (χ3n) is 3.72. The van der Waals surface area contributed by atoms with Crippen molar-refractivity contribution < 1.29 is 9.52 Å². The Balaban J connectivity index is 1.64. The second-order valence-corrected chi connectivity index (χ2v) is 5.82. The number of aromatic hydroxyl groups is 1. The van der Waals surface area contributed by atoms with Gasteiger partial charge in [0.15, 0.2) is 0 Å². The second-order valence-electron chi connectivity index (χ2n) is 5.82. The second kappa shape index (κ2) is 6.57. The average molecular weight is 308 g/mol. The summed E-state index contributed by atoms with van der Waals surface area (Å²) < 4.78 is 5.50. The molecule has 4 heteroatoms. The summed E-state index contributed by atoms with van der Waals surface area (Å²) >= 11 is 0. The fourth-order valence-corrected chi connectivity index (χ4v) is 2.30. The molecule has 0 aliphatic carbocycles. The van der Waals surface area contributed by atoms with Gasteiger partial charge in [-0.25, -0.2) is 4.98 Å². The predicted octanol–water partition coefficient (Wildman–Crippen LogP) is 4.78. The maximum atomic E-state index is 9.31. The van der Waals surface area contributed by atoms with Crippen LogP contribution < -0.4 is 5.32 Å². The number of rotatable bonds is 5. The van der Waals surface area contributed by atoms with E-state index in [4.69, 9.17) is 4.42 Å². The quantitative estimate of drug-likeness (QED) is 0.712. The van der Waals surface area contributed by atoms with Gasteiger partial charge in [0.1, 0.15) is 12.0 Å². The highest BCUT2D eigenvalue weighted by molar-refractivity contribution is 5.54. The van der Waals surface area contributed by atoms with Crippen molar-refractivity contribution in [1.29, 1.82) is 0 Å². The molecule has 2 N–H and O–H groups in total. The number of oxazole rings is 1. The number of nitrogens with zero attached hydrogens (tertiary/aromatic N) is 1. The normalized spacial score (nSPS) is 10.9. The van der Waals surface area contributed by atoms with Crippen molar-refractivity contribution in [1.82, 2.24) is 4.98 Å². The van der Waals surface area contributed by atoms with Gasteiger partial charge in [-0.3, -0.25) is 0 Å². The first-order valence-corrected chi connectivity index (χ1v) is 7.69. The lowest BCUT2D eigenvalue weighted by atomic mass is 10.0. The first kappa shape index (κ1) is 15.2. The zero-order chi connectivity index (χ0) is 16.2. The molecule has 1 heterocycles. The van der Waals surface area contributed by atoms with Crippen molar-refractivity contribution in [2.45, 2.75) is 26.3 Å². The van der Waals surface area contributed by atoms with E-state index >= 15 is 0 Å². The number of benzene rings is 2. The predicted molar refractivity (Wildman–Crippen MR) is 91.5 cm³/mol. The Morgan fingerprint density at radius 1 is 1.04 bits per heavy atom. The van der Waals surface area contributed by atoms with Gasteiger partial charge in [0.2, 0.25) is 5.89 Å². The van der Waals surface area contributed by atoms with Crippen molar-refractivity contribution in [2.75, 3.05) is 5.32 Å². The molecule has 118 valence electrons. The van der Waals surface area contributed by atoms with Gasteiger partial charge in [-0.1, -0.05) is 26.0 Å². The molecule has 0 spiro atoms. The minimum Gasteiger partial charge on any atom is -0.508 e. The molecule has 1 aromatic heterocycles. The standard InChI is InChI=1S/C19H20N2O2/c1-13(2)14-3-7-16(8-4-14)20-11-17-12-23-19(21-17)15-5-9-18(22)10-6-15/h3-10,12-13,20,22H,11H2,1-2H3. The molecule has 0 unspecified atom stereocenters. The Morgan fingerprint density at radius 3 is 2.39 bits per heavy atom.